The Hall–Kier alpha value is -1.37. The quantitative estimate of drug-likeness (QED) is 0.857. The zero-order valence-electron chi connectivity index (χ0n) is 10.4. The van der Waals surface area contributed by atoms with E-state index in [4.69, 9.17) is 0 Å². The molecule has 2 rings (SSSR count). The molecule has 0 radical (unpaired) electrons. The fourth-order valence-electron chi connectivity index (χ4n) is 2.07. The summed E-state index contributed by atoms with van der Waals surface area (Å²) in [7, 11) is -2.77. The van der Waals surface area contributed by atoms with Gasteiger partial charge in [-0.15, -0.1) is 0 Å². The molecule has 3 heteroatoms. The molecule has 18 heavy (non-hydrogen) atoms. The van der Waals surface area contributed by atoms with E-state index in [0.717, 1.165) is 10.6 Å². The lowest BCUT2D eigenvalue weighted by molar-refractivity contribution is 0.296. The van der Waals surface area contributed by atoms with Crippen LogP contribution < -0.4 is 10.6 Å². The maximum atomic E-state index is 13.4. The highest BCUT2D eigenvalue weighted by Gasteiger charge is 2.32. The molecule has 0 aliphatic heterocycles. The fraction of sp³-hybridized carbons (Fsp3) is 0.200. The molecule has 2 aromatic carbocycles. The molecular weight excluding hydrogens is 243 g/mol. The molecule has 0 saturated heterocycles. The monoisotopic (exact) mass is 260 g/mol. The van der Waals surface area contributed by atoms with E-state index in [1.165, 1.54) is 0 Å². The largest absolute Gasteiger partial charge is 0.396 e. The summed E-state index contributed by atoms with van der Waals surface area (Å²) in [5.41, 5.74) is -0.276. The zero-order valence-corrected chi connectivity index (χ0v) is 11.3. The molecule has 0 aliphatic rings. The van der Waals surface area contributed by atoms with Crippen molar-refractivity contribution in [2.24, 2.45) is 0 Å². The summed E-state index contributed by atoms with van der Waals surface area (Å²) in [6.45, 7) is 1.75. The number of aliphatic hydroxyl groups excluding tert-OH is 1. The van der Waals surface area contributed by atoms with Crippen molar-refractivity contribution in [3.63, 3.8) is 0 Å². The number of hydrogen-bond donors (Lipinski definition) is 1. The van der Waals surface area contributed by atoms with Crippen LogP contribution in [0.5, 0.6) is 0 Å². The van der Waals surface area contributed by atoms with Crippen molar-refractivity contribution in [2.75, 3.05) is 6.61 Å². The number of benzene rings is 2. The lowest BCUT2D eigenvalue weighted by Gasteiger charge is -2.24. The molecule has 0 aliphatic carbocycles. The van der Waals surface area contributed by atoms with Gasteiger partial charge in [-0.05, 0) is 0 Å². The smallest absolute Gasteiger partial charge is 0.148 e. The minimum Gasteiger partial charge on any atom is -0.396 e. The zero-order chi connectivity index (χ0) is 13.0. The Morgan fingerprint density at radius 3 is 1.67 bits per heavy atom. The second kappa shape index (κ2) is 5.51. The summed E-state index contributed by atoms with van der Waals surface area (Å²) in [5.74, 6) is 0. The van der Waals surface area contributed by atoms with Crippen molar-refractivity contribution in [3.8, 4) is 0 Å². The van der Waals surface area contributed by atoms with Gasteiger partial charge in [-0.3, -0.25) is 0 Å². The Bertz CT molecular complexity index is 493. The Labute approximate surface area is 108 Å². The first kappa shape index (κ1) is 13.1. The van der Waals surface area contributed by atoms with Crippen LogP contribution >= 0.6 is 7.14 Å². The molecule has 1 unspecified atom stereocenters. The molecule has 2 aromatic rings. The van der Waals surface area contributed by atoms with Crippen LogP contribution in [0.3, 0.4) is 0 Å². The molecule has 1 atom stereocenters. The van der Waals surface area contributed by atoms with Crippen molar-refractivity contribution < 1.29 is 9.67 Å². The lowest BCUT2D eigenvalue weighted by atomic mass is 10.4. The van der Waals surface area contributed by atoms with Crippen molar-refractivity contribution in [1.29, 1.82) is 0 Å². The van der Waals surface area contributed by atoms with Gasteiger partial charge >= 0.3 is 0 Å². The standard InChI is InChI=1S/C15H17O2P/c1-13(12-16)18(17,14-8-4-2-5-9-14)15-10-6-3-7-11-15/h2-11,13,16H,12H2,1H3. The Morgan fingerprint density at radius 1 is 0.944 bits per heavy atom. The Kier molecular flexibility index (Phi) is 4.00. The predicted molar refractivity (Wildman–Crippen MR) is 76.3 cm³/mol. The van der Waals surface area contributed by atoms with Crippen LogP contribution in [0.1, 0.15) is 6.92 Å². The molecule has 2 nitrogen and oxygen atoms in total. The average Bonchev–Trinajstić information content (AvgIpc) is 2.47. The summed E-state index contributed by atoms with van der Waals surface area (Å²) in [6, 6.07) is 18.8. The van der Waals surface area contributed by atoms with Gasteiger partial charge in [-0.1, -0.05) is 67.6 Å². The van der Waals surface area contributed by atoms with Crippen LogP contribution in [0.25, 0.3) is 0 Å². The summed E-state index contributed by atoms with van der Waals surface area (Å²) in [5, 5.41) is 11.0. The van der Waals surface area contributed by atoms with Gasteiger partial charge < -0.3 is 9.67 Å². The molecule has 0 heterocycles. The Balaban J connectivity index is 2.59. The second-order valence-electron chi connectivity index (χ2n) is 4.36. The van der Waals surface area contributed by atoms with Crippen LogP contribution in [0.4, 0.5) is 0 Å². The van der Waals surface area contributed by atoms with E-state index in [1.807, 2.05) is 67.6 Å². The highest BCUT2D eigenvalue weighted by atomic mass is 31.2. The highest BCUT2D eigenvalue weighted by Crippen LogP contribution is 2.48. The number of aliphatic hydroxyl groups is 1. The van der Waals surface area contributed by atoms with Crippen molar-refractivity contribution in [3.05, 3.63) is 60.7 Å². The number of rotatable bonds is 4. The molecule has 0 bridgehead atoms. The van der Waals surface area contributed by atoms with Crippen molar-refractivity contribution in [1.82, 2.24) is 0 Å². The minimum absolute atomic E-state index is 0.0823. The molecule has 94 valence electrons. The first-order valence-electron chi connectivity index (χ1n) is 6.01. The molecule has 0 aromatic heterocycles. The minimum atomic E-state index is -2.77. The number of hydrogen-bond acceptors (Lipinski definition) is 2. The first-order valence-corrected chi connectivity index (χ1v) is 7.79. The van der Waals surface area contributed by atoms with Crippen LogP contribution in [-0.2, 0) is 4.57 Å². The SMILES string of the molecule is CC(CO)P(=O)(c1ccccc1)c1ccccc1. The van der Waals surface area contributed by atoms with Gasteiger partial charge in [0.2, 0.25) is 0 Å². The third-order valence-electron chi connectivity index (χ3n) is 3.16. The summed E-state index contributed by atoms with van der Waals surface area (Å²) in [4.78, 5) is 0. The summed E-state index contributed by atoms with van der Waals surface area (Å²) < 4.78 is 13.4. The second-order valence-corrected chi connectivity index (χ2v) is 7.59. The third-order valence-corrected chi connectivity index (χ3v) is 6.70. The van der Waals surface area contributed by atoms with E-state index in [-0.39, 0.29) is 12.3 Å². The van der Waals surface area contributed by atoms with Gasteiger partial charge in [0, 0.05) is 16.3 Å². The fourth-order valence-corrected chi connectivity index (χ4v) is 4.85. The van der Waals surface area contributed by atoms with E-state index in [0.29, 0.717) is 0 Å². The van der Waals surface area contributed by atoms with Gasteiger partial charge in [-0.25, -0.2) is 0 Å². The Morgan fingerprint density at radius 2 is 1.33 bits per heavy atom. The molecular formula is C15H17O2P. The third kappa shape index (κ3) is 2.27. The van der Waals surface area contributed by atoms with Crippen molar-refractivity contribution >= 4 is 17.8 Å². The lowest BCUT2D eigenvalue weighted by Crippen LogP contribution is -2.26. The molecule has 0 spiro atoms. The molecule has 0 amide bonds. The van der Waals surface area contributed by atoms with E-state index < -0.39 is 7.14 Å². The maximum absolute atomic E-state index is 13.4. The highest BCUT2D eigenvalue weighted by molar-refractivity contribution is 7.79. The van der Waals surface area contributed by atoms with Crippen LogP contribution in [-0.4, -0.2) is 17.4 Å². The van der Waals surface area contributed by atoms with E-state index >= 15 is 0 Å². The first-order chi connectivity index (χ1) is 8.69. The van der Waals surface area contributed by atoms with Gasteiger partial charge in [0.1, 0.15) is 7.14 Å². The molecule has 0 saturated carbocycles. The van der Waals surface area contributed by atoms with E-state index in [9.17, 15) is 9.67 Å². The van der Waals surface area contributed by atoms with Gasteiger partial charge in [0.15, 0.2) is 0 Å². The van der Waals surface area contributed by atoms with Crippen LogP contribution in [0.2, 0.25) is 0 Å². The van der Waals surface area contributed by atoms with Gasteiger partial charge in [0.05, 0.1) is 6.61 Å². The topological polar surface area (TPSA) is 37.3 Å². The molecule has 0 fully saturated rings. The summed E-state index contributed by atoms with van der Waals surface area (Å²) in [6.07, 6.45) is 0. The van der Waals surface area contributed by atoms with Gasteiger partial charge in [0.25, 0.3) is 0 Å². The van der Waals surface area contributed by atoms with Crippen LogP contribution in [0.15, 0.2) is 60.7 Å². The predicted octanol–water partition coefficient (Wildman–Crippen LogP) is 2.38. The van der Waals surface area contributed by atoms with E-state index in [2.05, 4.69) is 0 Å². The van der Waals surface area contributed by atoms with Crippen LogP contribution in [0, 0.1) is 0 Å². The van der Waals surface area contributed by atoms with Gasteiger partial charge in [-0.2, -0.15) is 0 Å². The van der Waals surface area contributed by atoms with Crippen molar-refractivity contribution in [2.45, 2.75) is 12.6 Å². The average molecular weight is 260 g/mol. The summed E-state index contributed by atoms with van der Waals surface area (Å²) >= 11 is 0. The van der Waals surface area contributed by atoms with E-state index in [1.54, 1.807) is 0 Å². The normalized spacial score (nSPS) is 13.2. The molecule has 1 N–H and O–H groups in total. The maximum Gasteiger partial charge on any atom is 0.148 e.